The fourth-order valence-corrected chi connectivity index (χ4v) is 0.700. The number of aromatic amines is 2. The lowest BCUT2D eigenvalue weighted by Gasteiger charge is -1.89. The Morgan fingerprint density at radius 3 is 2.70 bits per heavy atom. The Bertz CT molecular complexity index is 323. The van der Waals surface area contributed by atoms with Gasteiger partial charge in [-0.05, 0) is 6.42 Å². The first-order chi connectivity index (χ1) is 4.74. The lowest BCUT2D eigenvalue weighted by Crippen LogP contribution is -2.23. The van der Waals surface area contributed by atoms with Crippen molar-refractivity contribution in [2.75, 3.05) is 0 Å². The molecule has 0 amide bonds. The van der Waals surface area contributed by atoms with Gasteiger partial charge in [-0.15, -0.1) is 0 Å². The number of hydrogen-bond acceptors (Lipinski definition) is 2. The fourth-order valence-electron chi connectivity index (χ4n) is 0.700. The predicted octanol–water partition coefficient (Wildman–Crippen LogP) is -0.374. The van der Waals surface area contributed by atoms with Crippen LogP contribution in [-0.2, 0) is 6.42 Å². The maximum Gasteiger partial charge on any atom is 0.325 e. The second-order valence-corrected chi connectivity index (χ2v) is 1.95. The zero-order chi connectivity index (χ0) is 7.56. The van der Waals surface area contributed by atoms with E-state index >= 15 is 0 Å². The molecular weight excluding hydrogens is 132 g/mol. The van der Waals surface area contributed by atoms with Gasteiger partial charge in [0.1, 0.15) is 0 Å². The fraction of sp³-hybridized carbons (Fsp3) is 0.333. The lowest BCUT2D eigenvalue weighted by molar-refractivity contribution is 0.960. The average molecular weight is 140 g/mol. The number of aromatic nitrogens is 2. The molecule has 0 unspecified atom stereocenters. The van der Waals surface area contributed by atoms with Gasteiger partial charge >= 0.3 is 5.69 Å². The highest BCUT2D eigenvalue weighted by Gasteiger charge is 1.93. The summed E-state index contributed by atoms with van der Waals surface area (Å²) in [6.45, 7) is 1.85. The third-order valence-electron chi connectivity index (χ3n) is 1.28. The van der Waals surface area contributed by atoms with Crippen molar-refractivity contribution < 1.29 is 0 Å². The van der Waals surface area contributed by atoms with Crippen molar-refractivity contribution in [2.45, 2.75) is 13.3 Å². The summed E-state index contributed by atoms with van der Waals surface area (Å²) in [5.74, 6) is 0. The summed E-state index contributed by atoms with van der Waals surface area (Å²) in [5.41, 5.74) is -0.159. The number of aryl methyl sites for hydroxylation is 1. The van der Waals surface area contributed by atoms with Crippen molar-refractivity contribution in [1.82, 2.24) is 9.97 Å². The van der Waals surface area contributed by atoms with Crippen LogP contribution < -0.4 is 11.2 Å². The summed E-state index contributed by atoms with van der Waals surface area (Å²) in [7, 11) is 0. The molecule has 54 valence electrons. The zero-order valence-corrected chi connectivity index (χ0v) is 5.60. The molecule has 10 heavy (non-hydrogen) atoms. The largest absolute Gasteiger partial charge is 0.325 e. The van der Waals surface area contributed by atoms with E-state index in [2.05, 4.69) is 9.97 Å². The van der Waals surface area contributed by atoms with Gasteiger partial charge in [-0.25, -0.2) is 4.79 Å². The van der Waals surface area contributed by atoms with Gasteiger partial charge in [0.2, 0.25) is 0 Å². The molecule has 0 aliphatic heterocycles. The van der Waals surface area contributed by atoms with Crippen molar-refractivity contribution in [1.29, 1.82) is 0 Å². The molecule has 0 saturated heterocycles. The first-order valence-electron chi connectivity index (χ1n) is 3.05. The van der Waals surface area contributed by atoms with Crippen LogP contribution in [0.5, 0.6) is 0 Å². The number of nitrogens with one attached hydrogen (secondary N) is 2. The summed E-state index contributed by atoms with van der Waals surface area (Å²) >= 11 is 0. The molecule has 1 heterocycles. The van der Waals surface area contributed by atoms with Gasteiger partial charge in [0.05, 0.1) is 0 Å². The summed E-state index contributed by atoms with van der Waals surface area (Å²) < 4.78 is 0. The molecule has 4 heteroatoms. The van der Waals surface area contributed by atoms with E-state index in [9.17, 15) is 9.59 Å². The van der Waals surface area contributed by atoms with Gasteiger partial charge < -0.3 is 4.98 Å². The van der Waals surface area contributed by atoms with Crippen LogP contribution >= 0.6 is 0 Å². The van der Waals surface area contributed by atoms with Crippen molar-refractivity contribution in [3.63, 3.8) is 0 Å². The normalized spacial score (nSPS) is 9.70. The molecule has 1 aromatic rings. The Morgan fingerprint density at radius 2 is 2.20 bits per heavy atom. The van der Waals surface area contributed by atoms with E-state index in [-0.39, 0.29) is 5.56 Å². The minimum Gasteiger partial charge on any atom is -0.314 e. The van der Waals surface area contributed by atoms with E-state index in [0.717, 1.165) is 0 Å². The van der Waals surface area contributed by atoms with Crippen LogP contribution in [-0.4, -0.2) is 9.97 Å². The van der Waals surface area contributed by atoms with E-state index in [1.165, 1.54) is 6.20 Å². The highest BCUT2D eigenvalue weighted by atomic mass is 16.2. The van der Waals surface area contributed by atoms with Gasteiger partial charge in [0.25, 0.3) is 5.56 Å². The third kappa shape index (κ3) is 1.15. The van der Waals surface area contributed by atoms with Crippen LogP contribution in [0.3, 0.4) is 0 Å². The van der Waals surface area contributed by atoms with Gasteiger partial charge in [-0.2, -0.15) is 0 Å². The second-order valence-electron chi connectivity index (χ2n) is 1.95. The maximum absolute atomic E-state index is 10.8. The van der Waals surface area contributed by atoms with E-state index in [4.69, 9.17) is 0 Å². The molecule has 0 aromatic carbocycles. The molecule has 0 radical (unpaired) electrons. The van der Waals surface area contributed by atoms with Crippen LogP contribution in [0.25, 0.3) is 0 Å². The minimum atomic E-state index is -0.456. The van der Waals surface area contributed by atoms with Crippen molar-refractivity contribution in [3.8, 4) is 0 Å². The second kappa shape index (κ2) is 2.51. The smallest absolute Gasteiger partial charge is 0.314 e. The Kier molecular flexibility index (Phi) is 1.71. The molecule has 0 bridgehead atoms. The van der Waals surface area contributed by atoms with E-state index < -0.39 is 5.69 Å². The van der Waals surface area contributed by atoms with Crippen LogP contribution in [0.15, 0.2) is 15.8 Å². The predicted molar refractivity (Wildman–Crippen MR) is 37.1 cm³/mol. The molecule has 1 rings (SSSR count). The number of hydrogen-bond donors (Lipinski definition) is 2. The van der Waals surface area contributed by atoms with E-state index in [1.54, 1.807) is 0 Å². The zero-order valence-electron chi connectivity index (χ0n) is 5.60. The van der Waals surface area contributed by atoms with Crippen LogP contribution in [0.1, 0.15) is 12.5 Å². The average Bonchev–Trinajstić information content (AvgIpc) is 1.88. The molecule has 0 spiro atoms. The van der Waals surface area contributed by atoms with E-state index in [0.29, 0.717) is 12.0 Å². The number of rotatable bonds is 1. The van der Waals surface area contributed by atoms with Gasteiger partial charge in [0, 0.05) is 11.8 Å². The highest BCUT2D eigenvalue weighted by Crippen LogP contribution is 1.82. The molecule has 0 fully saturated rings. The Morgan fingerprint density at radius 1 is 1.50 bits per heavy atom. The van der Waals surface area contributed by atoms with Gasteiger partial charge in [-0.3, -0.25) is 9.78 Å². The minimum absolute atomic E-state index is 0.300. The molecule has 0 aliphatic carbocycles. The van der Waals surface area contributed by atoms with E-state index in [1.807, 2.05) is 6.92 Å². The monoisotopic (exact) mass is 140 g/mol. The van der Waals surface area contributed by atoms with Crippen LogP contribution in [0.2, 0.25) is 0 Å². The van der Waals surface area contributed by atoms with Crippen molar-refractivity contribution >= 4 is 0 Å². The highest BCUT2D eigenvalue weighted by molar-refractivity contribution is 5.01. The maximum atomic E-state index is 10.8. The Labute approximate surface area is 56.9 Å². The molecule has 0 saturated carbocycles. The molecule has 1 aromatic heterocycles. The van der Waals surface area contributed by atoms with Crippen LogP contribution in [0.4, 0.5) is 0 Å². The summed E-state index contributed by atoms with van der Waals surface area (Å²) in [5, 5.41) is 0. The molecule has 0 atom stereocenters. The quantitative estimate of drug-likeness (QED) is 0.558. The van der Waals surface area contributed by atoms with Gasteiger partial charge in [-0.1, -0.05) is 6.92 Å². The summed E-state index contributed by atoms with van der Waals surface area (Å²) in [4.78, 5) is 25.7. The standard InChI is InChI=1S/C6H8N2O2/c1-2-4-3-7-6(10)8-5(4)9/h3H,2H2,1H3,(H2,7,8,9,10). The molecule has 4 nitrogen and oxygen atoms in total. The first kappa shape index (κ1) is 6.80. The van der Waals surface area contributed by atoms with Crippen molar-refractivity contribution in [3.05, 3.63) is 32.6 Å². The third-order valence-corrected chi connectivity index (χ3v) is 1.28. The Hall–Kier alpha value is -1.32. The molecule has 2 N–H and O–H groups in total. The van der Waals surface area contributed by atoms with Crippen molar-refractivity contribution in [2.24, 2.45) is 0 Å². The first-order valence-corrected chi connectivity index (χ1v) is 3.05. The molecule has 0 aliphatic rings. The lowest BCUT2D eigenvalue weighted by atomic mass is 10.3. The number of H-pyrrole nitrogens is 2. The van der Waals surface area contributed by atoms with Gasteiger partial charge in [0.15, 0.2) is 0 Å². The topological polar surface area (TPSA) is 65.7 Å². The Balaban J connectivity index is 3.34. The molecular formula is C6H8N2O2. The summed E-state index contributed by atoms with van der Waals surface area (Å²) in [6, 6.07) is 0. The SMILES string of the molecule is CCc1c[nH]c(=O)[nH]c1=O. The summed E-state index contributed by atoms with van der Waals surface area (Å²) in [6.07, 6.45) is 2.06. The van der Waals surface area contributed by atoms with Crippen LogP contribution in [0, 0.1) is 0 Å².